The molecular weight excluding hydrogens is 314 g/mol. The van der Waals surface area contributed by atoms with Gasteiger partial charge in [0.2, 0.25) is 5.91 Å². The summed E-state index contributed by atoms with van der Waals surface area (Å²) in [7, 11) is -3.40. The van der Waals surface area contributed by atoms with Gasteiger partial charge in [-0.3, -0.25) is 4.79 Å². The van der Waals surface area contributed by atoms with Crippen LogP contribution in [0.1, 0.15) is 12.2 Å². The highest BCUT2D eigenvalue weighted by Crippen LogP contribution is 2.24. The van der Waals surface area contributed by atoms with Crippen LogP contribution in [0.5, 0.6) is 0 Å². The first-order chi connectivity index (χ1) is 11.1. The van der Waals surface area contributed by atoms with E-state index in [-0.39, 0.29) is 12.5 Å². The van der Waals surface area contributed by atoms with E-state index in [0.29, 0.717) is 23.6 Å². The second-order valence-electron chi connectivity index (χ2n) is 5.40. The Morgan fingerprint density at radius 3 is 2.65 bits per heavy atom. The van der Waals surface area contributed by atoms with E-state index in [9.17, 15) is 13.2 Å². The van der Waals surface area contributed by atoms with Crippen LogP contribution in [0.4, 0.5) is 0 Å². The van der Waals surface area contributed by atoms with E-state index in [4.69, 9.17) is 4.42 Å². The van der Waals surface area contributed by atoms with Crippen molar-refractivity contribution in [3.63, 3.8) is 0 Å². The predicted octanol–water partition coefficient (Wildman–Crippen LogP) is 2.37. The van der Waals surface area contributed by atoms with Crippen LogP contribution in [-0.2, 0) is 14.6 Å². The van der Waals surface area contributed by atoms with Gasteiger partial charge in [-0.05, 0) is 36.8 Å². The Balaban J connectivity index is 1.67. The highest BCUT2D eigenvalue weighted by atomic mass is 32.2. The van der Waals surface area contributed by atoms with Gasteiger partial charge in [-0.15, -0.1) is 0 Å². The normalized spacial score (nSPS) is 18.6. The van der Waals surface area contributed by atoms with Crippen molar-refractivity contribution >= 4 is 21.8 Å². The molecule has 1 atom stereocenters. The summed E-state index contributed by atoms with van der Waals surface area (Å²) in [4.78, 5) is 14.0. The number of likely N-dealkylation sites (tertiary alicyclic amines) is 1. The van der Waals surface area contributed by atoms with Gasteiger partial charge in [-0.25, -0.2) is 8.42 Å². The average molecular weight is 331 g/mol. The molecule has 0 saturated carbocycles. The maximum Gasteiger partial charge on any atom is 0.246 e. The molecule has 5 nitrogen and oxygen atoms in total. The summed E-state index contributed by atoms with van der Waals surface area (Å²) in [6.45, 7) is 0.663. The van der Waals surface area contributed by atoms with E-state index in [1.54, 1.807) is 53.4 Å². The highest BCUT2D eigenvalue weighted by Gasteiger charge is 2.35. The second-order valence-corrected chi connectivity index (χ2v) is 7.63. The molecule has 1 unspecified atom stereocenters. The summed E-state index contributed by atoms with van der Waals surface area (Å²) < 4.78 is 30.3. The summed E-state index contributed by atoms with van der Waals surface area (Å²) in [5.41, 5.74) is 0. The van der Waals surface area contributed by atoms with Gasteiger partial charge in [0.1, 0.15) is 5.76 Å². The van der Waals surface area contributed by atoms with Crippen LogP contribution in [0, 0.1) is 0 Å². The number of hydrogen-bond donors (Lipinski definition) is 0. The van der Waals surface area contributed by atoms with Crippen LogP contribution in [0.15, 0.2) is 64.1 Å². The molecule has 1 aromatic carbocycles. The van der Waals surface area contributed by atoms with Crippen molar-refractivity contribution in [2.45, 2.75) is 16.6 Å². The minimum absolute atomic E-state index is 0.202. The van der Waals surface area contributed by atoms with E-state index in [1.807, 2.05) is 0 Å². The first kappa shape index (κ1) is 15.6. The minimum Gasteiger partial charge on any atom is -0.465 e. The Morgan fingerprint density at radius 2 is 1.96 bits per heavy atom. The number of benzene rings is 1. The number of rotatable bonds is 4. The molecule has 1 aliphatic rings. The molecule has 2 aromatic rings. The van der Waals surface area contributed by atoms with E-state index in [2.05, 4.69) is 0 Å². The Hall–Kier alpha value is -2.34. The first-order valence-corrected chi connectivity index (χ1v) is 8.91. The number of hydrogen-bond acceptors (Lipinski definition) is 4. The molecule has 0 aliphatic carbocycles. The maximum atomic E-state index is 12.6. The van der Waals surface area contributed by atoms with E-state index < -0.39 is 15.1 Å². The molecular formula is C17H17NO4S. The smallest absolute Gasteiger partial charge is 0.246 e. The summed E-state index contributed by atoms with van der Waals surface area (Å²) in [5, 5.41) is -0.550. The molecule has 0 N–H and O–H groups in total. The molecule has 23 heavy (non-hydrogen) atoms. The number of carbonyl (C=O) groups is 1. The number of carbonyl (C=O) groups excluding carboxylic acids is 1. The summed E-state index contributed by atoms with van der Waals surface area (Å²) in [6, 6.07) is 11.9. The van der Waals surface area contributed by atoms with Crippen molar-refractivity contribution in [2.24, 2.45) is 0 Å². The largest absolute Gasteiger partial charge is 0.465 e. The molecule has 2 heterocycles. The molecule has 0 bridgehead atoms. The molecule has 3 rings (SSSR count). The standard InChI is InChI=1S/C17H17NO4S/c19-17(9-8-14-5-4-12-22-14)18-11-10-16(13-18)23(20,21)15-6-2-1-3-7-15/h1-9,12,16H,10-11,13H2. The molecule has 0 spiro atoms. The van der Waals surface area contributed by atoms with Crippen LogP contribution >= 0.6 is 0 Å². The van der Waals surface area contributed by atoms with Gasteiger partial charge < -0.3 is 9.32 Å². The monoisotopic (exact) mass is 331 g/mol. The predicted molar refractivity (Wildman–Crippen MR) is 86.4 cm³/mol. The zero-order valence-electron chi connectivity index (χ0n) is 12.5. The topological polar surface area (TPSA) is 67.6 Å². The van der Waals surface area contributed by atoms with Crippen molar-refractivity contribution in [3.05, 3.63) is 60.6 Å². The third-order valence-corrected chi connectivity index (χ3v) is 6.09. The lowest BCUT2D eigenvalue weighted by molar-refractivity contribution is -0.124. The fraction of sp³-hybridized carbons (Fsp3) is 0.235. The lowest BCUT2D eigenvalue weighted by Gasteiger charge is -2.14. The molecule has 1 saturated heterocycles. The Bertz CT molecular complexity index is 794. The van der Waals surface area contributed by atoms with Gasteiger partial charge in [-0.2, -0.15) is 0 Å². The Morgan fingerprint density at radius 1 is 1.17 bits per heavy atom. The second kappa shape index (κ2) is 6.42. The van der Waals surface area contributed by atoms with Gasteiger partial charge in [0.25, 0.3) is 0 Å². The quantitative estimate of drug-likeness (QED) is 0.807. The highest BCUT2D eigenvalue weighted by molar-refractivity contribution is 7.92. The Kier molecular flexibility index (Phi) is 4.34. The van der Waals surface area contributed by atoms with Crippen LogP contribution in [0.2, 0.25) is 0 Å². The van der Waals surface area contributed by atoms with E-state index >= 15 is 0 Å². The minimum atomic E-state index is -3.40. The van der Waals surface area contributed by atoms with Crippen LogP contribution in [0.3, 0.4) is 0 Å². The summed E-state index contributed by atoms with van der Waals surface area (Å²) >= 11 is 0. The number of amides is 1. The number of nitrogens with zero attached hydrogens (tertiary/aromatic N) is 1. The van der Waals surface area contributed by atoms with Crippen LogP contribution < -0.4 is 0 Å². The first-order valence-electron chi connectivity index (χ1n) is 7.37. The van der Waals surface area contributed by atoms with Crippen LogP contribution in [0.25, 0.3) is 6.08 Å². The lowest BCUT2D eigenvalue weighted by atomic mass is 10.3. The maximum absolute atomic E-state index is 12.6. The van der Waals surface area contributed by atoms with Gasteiger partial charge >= 0.3 is 0 Å². The third-order valence-electron chi connectivity index (χ3n) is 3.90. The van der Waals surface area contributed by atoms with Gasteiger partial charge in [0, 0.05) is 19.2 Å². The average Bonchev–Trinajstić information content (AvgIpc) is 3.25. The van der Waals surface area contributed by atoms with Crippen LogP contribution in [-0.4, -0.2) is 37.6 Å². The molecule has 1 fully saturated rings. The van der Waals surface area contributed by atoms with E-state index in [1.165, 1.54) is 12.3 Å². The SMILES string of the molecule is O=C(C=Cc1ccco1)N1CCC(S(=O)(=O)c2ccccc2)C1. The van der Waals surface area contributed by atoms with Crippen molar-refractivity contribution in [2.75, 3.05) is 13.1 Å². The van der Waals surface area contributed by atoms with Gasteiger partial charge in [0.05, 0.1) is 16.4 Å². The van der Waals surface area contributed by atoms with Crippen molar-refractivity contribution < 1.29 is 17.6 Å². The number of furan rings is 1. The zero-order valence-corrected chi connectivity index (χ0v) is 13.3. The molecule has 1 aliphatic heterocycles. The van der Waals surface area contributed by atoms with Gasteiger partial charge in [0.15, 0.2) is 9.84 Å². The summed E-state index contributed by atoms with van der Waals surface area (Å²) in [6.07, 6.45) is 4.98. The summed E-state index contributed by atoms with van der Waals surface area (Å²) in [5.74, 6) is 0.387. The molecule has 120 valence electrons. The fourth-order valence-electron chi connectivity index (χ4n) is 2.63. The third kappa shape index (κ3) is 3.37. The van der Waals surface area contributed by atoms with Crippen molar-refractivity contribution in [1.82, 2.24) is 4.90 Å². The Labute approximate surface area is 135 Å². The lowest BCUT2D eigenvalue weighted by Crippen LogP contribution is -2.30. The van der Waals surface area contributed by atoms with Gasteiger partial charge in [-0.1, -0.05) is 18.2 Å². The molecule has 1 amide bonds. The number of sulfone groups is 1. The molecule has 0 radical (unpaired) electrons. The molecule has 1 aromatic heterocycles. The zero-order chi connectivity index (χ0) is 16.3. The fourth-order valence-corrected chi connectivity index (χ4v) is 4.34. The van der Waals surface area contributed by atoms with Crippen molar-refractivity contribution in [1.29, 1.82) is 0 Å². The van der Waals surface area contributed by atoms with Crippen molar-refractivity contribution in [3.8, 4) is 0 Å². The van der Waals surface area contributed by atoms with E-state index in [0.717, 1.165) is 0 Å². The molecule has 6 heteroatoms.